The number of methoxy groups -OCH3 is 1. The van der Waals surface area contributed by atoms with Crippen LogP contribution in [0, 0.1) is 0 Å². The summed E-state index contributed by atoms with van der Waals surface area (Å²) in [4.78, 5) is 0. The molecule has 5 nitrogen and oxygen atoms in total. The second-order valence-electron chi connectivity index (χ2n) is 3.55. The van der Waals surface area contributed by atoms with Crippen LogP contribution >= 0.6 is 23.2 Å². The molecule has 1 aromatic rings. The minimum absolute atomic E-state index is 0.114. The smallest absolute Gasteiger partial charge is 0.174 e. The minimum atomic E-state index is 0.114. The second-order valence-corrected chi connectivity index (χ2v) is 4.30. The van der Waals surface area contributed by atoms with Crippen molar-refractivity contribution in [3.05, 3.63) is 16.4 Å². The van der Waals surface area contributed by atoms with Gasteiger partial charge in [0.25, 0.3) is 0 Å². The van der Waals surface area contributed by atoms with Crippen molar-refractivity contribution in [3.8, 4) is 0 Å². The van der Waals surface area contributed by atoms with E-state index in [1.54, 1.807) is 13.2 Å². The Hall–Kier alpha value is -0.620. The molecule has 7 heteroatoms. The average Bonchev–Trinajstić information content (AvgIpc) is 2.71. The van der Waals surface area contributed by atoms with Crippen LogP contribution in [0.5, 0.6) is 0 Å². The number of nitrogens with zero attached hydrogens (tertiary/aromatic N) is 2. The van der Waals surface area contributed by atoms with Gasteiger partial charge in [0, 0.05) is 26.3 Å². The number of nitrogens with one attached hydrogen (secondary N) is 2. The first-order valence-electron chi connectivity index (χ1n) is 4.89. The predicted molar refractivity (Wildman–Crippen MR) is 63.1 cm³/mol. The van der Waals surface area contributed by atoms with E-state index in [-0.39, 0.29) is 12.1 Å². The quantitative estimate of drug-likeness (QED) is 0.857. The molecule has 2 N–H and O–H groups in total. The summed E-state index contributed by atoms with van der Waals surface area (Å²) in [6, 6.07) is 1.81. The zero-order valence-electron chi connectivity index (χ0n) is 8.70. The Bertz CT molecular complexity index is 377. The highest BCUT2D eigenvalue weighted by molar-refractivity contribution is 6.33. The topological polar surface area (TPSA) is 59.1 Å². The summed E-state index contributed by atoms with van der Waals surface area (Å²) < 4.78 is 5.33. The van der Waals surface area contributed by atoms with Gasteiger partial charge in [-0.05, 0) is 0 Å². The second kappa shape index (κ2) is 5.14. The van der Waals surface area contributed by atoms with Gasteiger partial charge in [0.05, 0.1) is 17.8 Å². The van der Waals surface area contributed by atoms with Gasteiger partial charge in [0.1, 0.15) is 0 Å². The molecule has 0 spiro atoms. The third-order valence-corrected chi connectivity index (χ3v) is 2.99. The Kier molecular flexibility index (Phi) is 3.81. The van der Waals surface area contributed by atoms with Crippen LogP contribution in [0.3, 0.4) is 0 Å². The number of halogens is 2. The summed E-state index contributed by atoms with van der Waals surface area (Å²) in [7, 11) is 1.69. The Labute approximate surface area is 103 Å². The molecular formula is C9H12Cl2N4O. The fraction of sp³-hybridized carbons (Fsp3) is 0.556. The van der Waals surface area contributed by atoms with Gasteiger partial charge in [-0.1, -0.05) is 23.2 Å². The summed E-state index contributed by atoms with van der Waals surface area (Å²) in [6.45, 7) is 1.63. The van der Waals surface area contributed by atoms with Crippen LogP contribution in [0.1, 0.15) is 0 Å². The fourth-order valence-electron chi connectivity index (χ4n) is 1.70. The van der Waals surface area contributed by atoms with Gasteiger partial charge in [0.2, 0.25) is 0 Å². The monoisotopic (exact) mass is 262 g/mol. The van der Waals surface area contributed by atoms with Crippen molar-refractivity contribution < 1.29 is 4.74 Å². The zero-order chi connectivity index (χ0) is 11.5. The van der Waals surface area contributed by atoms with Crippen molar-refractivity contribution in [1.82, 2.24) is 15.5 Å². The fourth-order valence-corrected chi connectivity index (χ4v) is 1.99. The first-order valence-corrected chi connectivity index (χ1v) is 5.65. The number of hydrogen-bond acceptors (Lipinski definition) is 5. The molecule has 1 fully saturated rings. The molecule has 1 aromatic heterocycles. The van der Waals surface area contributed by atoms with E-state index in [0.29, 0.717) is 16.0 Å². The van der Waals surface area contributed by atoms with Gasteiger partial charge in [0.15, 0.2) is 10.3 Å². The summed E-state index contributed by atoms with van der Waals surface area (Å²) in [5, 5.41) is 14.5. The Balaban J connectivity index is 2.11. The number of ether oxygens (including phenoxy) is 1. The molecule has 1 saturated heterocycles. The van der Waals surface area contributed by atoms with Gasteiger partial charge in [-0.2, -0.15) is 0 Å². The Morgan fingerprint density at radius 3 is 3.00 bits per heavy atom. The molecule has 1 aliphatic rings. The lowest BCUT2D eigenvalue weighted by atomic mass is 10.2. The first kappa shape index (κ1) is 11.9. The third-order valence-electron chi connectivity index (χ3n) is 2.52. The van der Waals surface area contributed by atoms with Gasteiger partial charge in [-0.3, -0.25) is 0 Å². The average molecular weight is 263 g/mol. The highest BCUT2D eigenvalue weighted by atomic mass is 35.5. The third kappa shape index (κ3) is 2.55. The molecule has 2 rings (SSSR count). The van der Waals surface area contributed by atoms with Crippen LogP contribution in [-0.4, -0.2) is 42.5 Å². The van der Waals surface area contributed by atoms with E-state index >= 15 is 0 Å². The molecule has 0 amide bonds. The maximum absolute atomic E-state index is 5.91. The lowest BCUT2D eigenvalue weighted by Gasteiger charge is -2.19. The lowest BCUT2D eigenvalue weighted by molar-refractivity contribution is 0.111. The van der Waals surface area contributed by atoms with E-state index in [1.165, 1.54) is 0 Å². The van der Waals surface area contributed by atoms with Crippen molar-refractivity contribution in [3.63, 3.8) is 0 Å². The Morgan fingerprint density at radius 2 is 2.25 bits per heavy atom. The molecule has 0 aliphatic carbocycles. The van der Waals surface area contributed by atoms with Crippen molar-refractivity contribution >= 4 is 28.9 Å². The molecule has 2 atom stereocenters. The van der Waals surface area contributed by atoms with Crippen molar-refractivity contribution in [2.24, 2.45) is 0 Å². The zero-order valence-corrected chi connectivity index (χ0v) is 10.2. The van der Waals surface area contributed by atoms with E-state index in [1.807, 2.05) is 0 Å². The van der Waals surface area contributed by atoms with E-state index in [2.05, 4.69) is 20.8 Å². The summed E-state index contributed by atoms with van der Waals surface area (Å²) >= 11 is 11.7. The van der Waals surface area contributed by atoms with Crippen LogP contribution in [0.2, 0.25) is 10.3 Å². The maximum Gasteiger partial charge on any atom is 0.174 e. The van der Waals surface area contributed by atoms with Crippen LogP contribution in [0.4, 0.5) is 5.69 Å². The van der Waals surface area contributed by atoms with Gasteiger partial charge in [-0.25, -0.2) is 0 Å². The van der Waals surface area contributed by atoms with E-state index in [9.17, 15) is 0 Å². The molecule has 16 heavy (non-hydrogen) atoms. The van der Waals surface area contributed by atoms with Gasteiger partial charge in [-0.15, -0.1) is 10.2 Å². The van der Waals surface area contributed by atoms with Crippen LogP contribution in [-0.2, 0) is 4.74 Å². The maximum atomic E-state index is 5.91. The number of hydrogen-bond donors (Lipinski definition) is 2. The summed E-state index contributed by atoms with van der Waals surface area (Å²) in [5.41, 5.74) is 0.678. The molecule has 2 heterocycles. The summed E-state index contributed by atoms with van der Waals surface area (Å²) in [5.74, 6) is 0. The van der Waals surface area contributed by atoms with E-state index < -0.39 is 0 Å². The molecule has 88 valence electrons. The molecule has 0 bridgehead atoms. The van der Waals surface area contributed by atoms with Crippen molar-refractivity contribution in [2.45, 2.75) is 12.1 Å². The number of rotatable bonds is 3. The van der Waals surface area contributed by atoms with E-state index in [4.69, 9.17) is 27.9 Å². The van der Waals surface area contributed by atoms with Crippen molar-refractivity contribution in [1.29, 1.82) is 0 Å². The first-order chi connectivity index (χ1) is 7.70. The van der Waals surface area contributed by atoms with Gasteiger partial charge >= 0.3 is 0 Å². The predicted octanol–water partition coefficient (Wildman–Crippen LogP) is 1.18. The largest absolute Gasteiger partial charge is 0.378 e. The highest BCUT2D eigenvalue weighted by Crippen LogP contribution is 2.23. The molecular weight excluding hydrogens is 251 g/mol. The Morgan fingerprint density at radius 1 is 1.44 bits per heavy atom. The van der Waals surface area contributed by atoms with Crippen LogP contribution in [0.15, 0.2) is 6.07 Å². The molecule has 1 aliphatic heterocycles. The molecule has 0 saturated carbocycles. The van der Waals surface area contributed by atoms with Crippen LogP contribution < -0.4 is 10.6 Å². The number of anilines is 1. The summed E-state index contributed by atoms with van der Waals surface area (Å²) in [6.07, 6.45) is 0.114. The minimum Gasteiger partial charge on any atom is -0.378 e. The van der Waals surface area contributed by atoms with E-state index in [0.717, 1.165) is 13.1 Å². The van der Waals surface area contributed by atoms with Crippen LogP contribution in [0.25, 0.3) is 0 Å². The van der Waals surface area contributed by atoms with Gasteiger partial charge < -0.3 is 15.4 Å². The molecule has 1 unspecified atom stereocenters. The standard InChI is InChI=1S/C9H12Cl2N4O/c1-16-7-4-12-3-6(7)13-5-2-8(10)14-15-9(5)11/h2,6-7,12H,3-4H2,1H3,(H,13,14)/t6?,7-/m0/s1. The lowest BCUT2D eigenvalue weighted by Crippen LogP contribution is -2.33. The SMILES string of the molecule is CO[C@H]1CNCC1Nc1cc(Cl)nnc1Cl. The highest BCUT2D eigenvalue weighted by Gasteiger charge is 2.27. The normalized spacial score (nSPS) is 24.7. The van der Waals surface area contributed by atoms with Crippen molar-refractivity contribution in [2.75, 3.05) is 25.5 Å². The molecule has 0 aromatic carbocycles. The number of aromatic nitrogens is 2. The molecule has 0 radical (unpaired) electrons.